The molecule has 0 atom stereocenters. The fourth-order valence-electron chi connectivity index (χ4n) is 2.38. The predicted octanol–water partition coefficient (Wildman–Crippen LogP) is 5.63. The van der Waals surface area contributed by atoms with Crippen LogP contribution in [-0.4, -0.2) is 38.1 Å². The standard InChI is InChI=1S/C15H21F3N2.2C2H6/c1-11(2)12-8-13(15(16,17)18)10-14(9-12)20-6-4-19(3)5-7-20;2*1-2/h8-11H,4-7H2,1-3H3;2*1-2H3. The molecule has 0 radical (unpaired) electrons. The van der Waals surface area contributed by atoms with Crippen molar-refractivity contribution in [2.24, 2.45) is 0 Å². The summed E-state index contributed by atoms with van der Waals surface area (Å²) in [6, 6.07) is 4.44. The summed E-state index contributed by atoms with van der Waals surface area (Å²) in [5.41, 5.74) is 0.892. The van der Waals surface area contributed by atoms with Gasteiger partial charge in [0.25, 0.3) is 0 Å². The molecule has 0 unspecified atom stereocenters. The molecule has 0 amide bonds. The molecule has 1 fully saturated rings. The second-order valence-corrected chi connectivity index (χ2v) is 5.76. The maximum Gasteiger partial charge on any atom is 0.416 e. The molecule has 0 saturated carbocycles. The van der Waals surface area contributed by atoms with Crippen molar-refractivity contribution < 1.29 is 13.2 Å². The molecule has 2 nitrogen and oxygen atoms in total. The Hall–Kier alpha value is -1.23. The Labute approximate surface area is 145 Å². The van der Waals surface area contributed by atoms with Crippen LogP contribution in [0.3, 0.4) is 0 Å². The van der Waals surface area contributed by atoms with Crippen LogP contribution in [0.15, 0.2) is 18.2 Å². The number of anilines is 1. The number of hydrogen-bond donors (Lipinski definition) is 0. The second-order valence-electron chi connectivity index (χ2n) is 5.76. The van der Waals surface area contributed by atoms with Gasteiger partial charge in [0, 0.05) is 31.9 Å². The van der Waals surface area contributed by atoms with Crippen molar-refractivity contribution >= 4 is 5.69 Å². The molecule has 1 aromatic rings. The number of rotatable bonds is 2. The van der Waals surface area contributed by atoms with Crippen LogP contribution in [0, 0.1) is 0 Å². The molecule has 1 heterocycles. The molecule has 140 valence electrons. The molecule has 0 aromatic heterocycles. The minimum absolute atomic E-state index is 0.0866. The van der Waals surface area contributed by atoms with Crippen molar-refractivity contribution in [1.82, 2.24) is 4.90 Å². The van der Waals surface area contributed by atoms with Gasteiger partial charge in [-0.2, -0.15) is 13.2 Å². The van der Waals surface area contributed by atoms with Gasteiger partial charge in [-0.1, -0.05) is 41.5 Å². The van der Waals surface area contributed by atoms with Crippen molar-refractivity contribution in [3.05, 3.63) is 29.3 Å². The first-order valence-corrected chi connectivity index (χ1v) is 8.93. The van der Waals surface area contributed by atoms with Gasteiger partial charge < -0.3 is 9.80 Å². The summed E-state index contributed by atoms with van der Waals surface area (Å²) < 4.78 is 39.0. The lowest BCUT2D eigenvalue weighted by Gasteiger charge is -2.34. The molecule has 1 saturated heterocycles. The largest absolute Gasteiger partial charge is 0.416 e. The van der Waals surface area contributed by atoms with Crippen molar-refractivity contribution in [3.8, 4) is 0 Å². The summed E-state index contributed by atoms with van der Waals surface area (Å²) in [6.07, 6.45) is -4.29. The lowest BCUT2D eigenvalue weighted by molar-refractivity contribution is -0.137. The van der Waals surface area contributed by atoms with Crippen molar-refractivity contribution in [3.63, 3.8) is 0 Å². The first kappa shape index (κ1) is 22.8. The van der Waals surface area contributed by atoms with Gasteiger partial charge in [-0.3, -0.25) is 0 Å². The van der Waals surface area contributed by atoms with Gasteiger partial charge >= 0.3 is 6.18 Å². The number of benzene rings is 1. The topological polar surface area (TPSA) is 6.48 Å². The molecule has 1 aliphatic heterocycles. The van der Waals surface area contributed by atoms with E-state index in [0.29, 0.717) is 5.69 Å². The average molecular weight is 346 g/mol. The number of hydrogen-bond acceptors (Lipinski definition) is 2. The summed E-state index contributed by atoms with van der Waals surface area (Å²) in [4.78, 5) is 4.23. The molecular weight excluding hydrogens is 313 g/mol. The van der Waals surface area contributed by atoms with E-state index in [1.807, 2.05) is 59.6 Å². The van der Waals surface area contributed by atoms with E-state index in [9.17, 15) is 13.2 Å². The molecule has 1 aliphatic rings. The third-order valence-corrected chi connectivity index (χ3v) is 3.80. The zero-order valence-corrected chi connectivity index (χ0v) is 16.2. The van der Waals surface area contributed by atoms with Crippen LogP contribution in [0.25, 0.3) is 0 Å². The van der Waals surface area contributed by atoms with E-state index in [1.165, 1.54) is 12.1 Å². The van der Waals surface area contributed by atoms with Crippen LogP contribution in [0.2, 0.25) is 0 Å². The van der Waals surface area contributed by atoms with E-state index < -0.39 is 11.7 Å². The highest BCUT2D eigenvalue weighted by atomic mass is 19.4. The number of nitrogens with zero attached hydrogens (tertiary/aromatic N) is 2. The van der Waals surface area contributed by atoms with Crippen molar-refractivity contribution in [2.75, 3.05) is 38.1 Å². The van der Waals surface area contributed by atoms with Crippen LogP contribution in [0.5, 0.6) is 0 Å². The third kappa shape index (κ3) is 6.71. The Bertz CT molecular complexity index is 462. The van der Waals surface area contributed by atoms with Crippen molar-refractivity contribution in [1.29, 1.82) is 0 Å². The molecule has 5 heteroatoms. The fourth-order valence-corrected chi connectivity index (χ4v) is 2.38. The van der Waals surface area contributed by atoms with E-state index in [2.05, 4.69) is 4.90 Å². The highest BCUT2D eigenvalue weighted by molar-refractivity contribution is 5.53. The molecule has 2 rings (SSSR count). The fraction of sp³-hybridized carbons (Fsp3) is 0.684. The van der Waals surface area contributed by atoms with Gasteiger partial charge in [0.05, 0.1) is 5.56 Å². The third-order valence-electron chi connectivity index (χ3n) is 3.80. The van der Waals surface area contributed by atoms with Crippen molar-refractivity contribution in [2.45, 2.75) is 53.6 Å². The number of piperazine rings is 1. The van der Waals surface area contributed by atoms with Gasteiger partial charge in [0.1, 0.15) is 0 Å². The minimum Gasteiger partial charge on any atom is -0.369 e. The predicted molar refractivity (Wildman–Crippen MR) is 97.9 cm³/mol. The smallest absolute Gasteiger partial charge is 0.369 e. The molecule has 0 spiro atoms. The van der Waals surface area contributed by atoms with Gasteiger partial charge in [0.2, 0.25) is 0 Å². The summed E-state index contributed by atoms with van der Waals surface area (Å²) >= 11 is 0. The van der Waals surface area contributed by atoms with Gasteiger partial charge in [-0.15, -0.1) is 0 Å². The maximum absolute atomic E-state index is 13.0. The first-order chi connectivity index (χ1) is 11.3. The average Bonchev–Trinajstić information content (AvgIpc) is 2.58. The van der Waals surface area contributed by atoms with E-state index in [1.54, 1.807) is 0 Å². The maximum atomic E-state index is 13.0. The Morgan fingerprint density at radius 1 is 0.875 bits per heavy atom. The quantitative estimate of drug-likeness (QED) is 0.684. The summed E-state index contributed by atoms with van der Waals surface area (Å²) in [7, 11) is 2.03. The summed E-state index contributed by atoms with van der Waals surface area (Å²) in [6.45, 7) is 15.2. The van der Waals surface area contributed by atoms with E-state index in [-0.39, 0.29) is 5.92 Å². The van der Waals surface area contributed by atoms with Crippen LogP contribution >= 0.6 is 0 Å². The molecule has 0 bridgehead atoms. The monoisotopic (exact) mass is 346 g/mol. The second kappa shape index (κ2) is 10.6. The van der Waals surface area contributed by atoms with Gasteiger partial charge in [-0.05, 0) is 36.7 Å². The molecule has 1 aromatic carbocycles. The Morgan fingerprint density at radius 3 is 1.79 bits per heavy atom. The Morgan fingerprint density at radius 2 is 1.38 bits per heavy atom. The normalized spacial score (nSPS) is 15.4. The first-order valence-electron chi connectivity index (χ1n) is 8.93. The van der Waals surface area contributed by atoms with Crippen LogP contribution in [-0.2, 0) is 6.18 Å². The molecular formula is C19H33F3N2. The SMILES string of the molecule is CC.CC.CC(C)c1cc(N2CCN(C)CC2)cc(C(F)(F)F)c1. The number of likely N-dealkylation sites (N-methyl/N-ethyl adjacent to an activating group) is 1. The minimum atomic E-state index is -4.29. The number of halogens is 3. The molecule has 0 N–H and O–H groups in total. The van der Waals surface area contributed by atoms with Crippen LogP contribution < -0.4 is 4.90 Å². The lowest BCUT2D eigenvalue weighted by Crippen LogP contribution is -2.44. The molecule has 0 aliphatic carbocycles. The number of alkyl halides is 3. The summed E-state index contributed by atoms with van der Waals surface area (Å²) in [5, 5.41) is 0. The Balaban J connectivity index is 0.00000123. The van der Waals surface area contributed by atoms with E-state index in [4.69, 9.17) is 0 Å². The summed E-state index contributed by atoms with van der Waals surface area (Å²) in [5.74, 6) is 0.0866. The zero-order valence-electron chi connectivity index (χ0n) is 16.2. The van der Waals surface area contributed by atoms with E-state index >= 15 is 0 Å². The highest BCUT2D eigenvalue weighted by Crippen LogP contribution is 2.35. The van der Waals surface area contributed by atoms with Gasteiger partial charge in [0.15, 0.2) is 0 Å². The molecule has 24 heavy (non-hydrogen) atoms. The van der Waals surface area contributed by atoms with E-state index in [0.717, 1.165) is 31.7 Å². The highest BCUT2D eigenvalue weighted by Gasteiger charge is 2.32. The lowest BCUT2D eigenvalue weighted by atomic mass is 9.99. The van der Waals surface area contributed by atoms with Gasteiger partial charge in [-0.25, -0.2) is 0 Å². The van der Waals surface area contributed by atoms with Crippen LogP contribution in [0.1, 0.15) is 58.6 Å². The Kier molecular flexibility index (Phi) is 10.1. The zero-order chi connectivity index (χ0) is 18.9. The van der Waals surface area contributed by atoms with Crippen LogP contribution in [0.4, 0.5) is 18.9 Å².